The Morgan fingerprint density at radius 1 is 1.22 bits per heavy atom. The molecule has 2 fully saturated rings. The van der Waals surface area contributed by atoms with Gasteiger partial charge in [0, 0.05) is 25.2 Å². The molecule has 2 aliphatic heterocycles. The number of rotatable bonds is 5. The smallest absolute Gasteiger partial charge is 0.303 e. The van der Waals surface area contributed by atoms with E-state index in [9.17, 15) is 9.59 Å². The zero-order valence-corrected chi connectivity index (χ0v) is 13.2. The van der Waals surface area contributed by atoms with Crippen LogP contribution in [-0.2, 0) is 9.59 Å². The number of carbonyl (C=O) groups excluding carboxylic acids is 1. The molecule has 1 aromatic rings. The predicted molar refractivity (Wildman–Crippen MR) is 87.2 cm³/mol. The third-order valence-electron chi connectivity index (χ3n) is 4.95. The molecule has 3 rings (SSSR count). The number of para-hydroxylation sites is 1. The summed E-state index contributed by atoms with van der Waals surface area (Å²) in [5.41, 5.74) is 0.621. The van der Waals surface area contributed by atoms with Crippen LogP contribution in [0.25, 0.3) is 0 Å². The van der Waals surface area contributed by atoms with Crippen LogP contribution in [0.15, 0.2) is 30.3 Å². The van der Waals surface area contributed by atoms with E-state index in [0.717, 1.165) is 38.2 Å². The predicted octanol–water partition coefficient (Wildman–Crippen LogP) is 1.28. The maximum absolute atomic E-state index is 12.5. The molecule has 23 heavy (non-hydrogen) atoms. The largest absolute Gasteiger partial charge is 0.481 e. The van der Waals surface area contributed by atoms with Gasteiger partial charge in [0.2, 0.25) is 5.91 Å². The van der Waals surface area contributed by atoms with Gasteiger partial charge in [0.1, 0.15) is 5.54 Å². The average Bonchev–Trinajstić information content (AvgIpc) is 2.87. The number of carboxylic acids is 1. The van der Waals surface area contributed by atoms with Crippen molar-refractivity contribution in [2.24, 2.45) is 0 Å². The Morgan fingerprint density at radius 3 is 2.57 bits per heavy atom. The summed E-state index contributed by atoms with van der Waals surface area (Å²) < 4.78 is 0. The summed E-state index contributed by atoms with van der Waals surface area (Å²) in [6.45, 7) is 3.00. The number of amides is 1. The van der Waals surface area contributed by atoms with Gasteiger partial charge in [-0.1, -0.05) is 18.2 Å². The first-order valence-corrected chi connectivity index (χ1v) is 8.17. The van der Waals surface area contributed by atoms with Crippen LogP contribution in [0.4, 0.5) is 5.69 Å². The third-order valence-corrected chi connectivity index (χ3v) is 4.95. The molecule has 0 aromatic heterocycles. The first kappa shape index (κ1) is 15.8. The summed E-state index contributed by atoms with van der Waals surface area (Å²) in [5, 5.41) is 11.7. The highest BCUT2D eigenvalue weighted by Crippen LogP contribution is 2.36. The van der Waals surface area contributed by atoms with E-state index in [0.29, 0.717) is 13.1 Å². The standard InChI is InChI=1S/C17H23N3O3/c21-15(22)7-4-10-19-11-8-17(9-12-19)16(23)18-13-20(17)14-5-2-1-3-6-14/h1-3,5-6H,4,7-13H2,(H,18,23)(H,21,22). The van der Waals surface area contributed by atoms with Crippen molar-refractivity contribution in [1.82, 2.24) is 10.2 Å². The molecular weight excluding hydrogens is 294 g/mol. The molecule has 0 aliphatic carbocycles. The highest BCUT2D eigenvalue weighted by molar-refractivity contribution is 5.93. The van der Waals surface area contributed by atoms with Gasteiger partial charge in [-0.3, -0.25) is 9.59 Å². The van der Waals surface area contributed by atoms with Gasteiger partial charge in [-0.05, 0) is 37.9 Å². The Labute approximate surface area is 136 Å². The lowest BCUT2D eigenvalue weighted by Crippen LogP contribution is -2.56. The first-order chi connectivity index (χ1) is 11.1. The van der Waals surface area contributed by atoms with Crippen LogP contribution in [0.3, 0.4) is 0 Å². The molecule has 0 saturated carbocycles. The van der Waals surface area contributed by atoms with Gasteiger partial charge in [-0.15, -0.1) is 0 Å². The van der Waals surface area contributed by atoms with E-state index in [2.05, 4.69) is 15.1 Å². The molecule has 2 heterocycles. The van der Waals surface area contributed by atoms with Gasteiger partial charge in [-0.2, -0.15) is 0 Å². The van der Waals surface area contributed by atoms with Crippen LogP contribution in [0.2, 0.25) is 0 Å². The normalized spacial score (nSPS) is 20.7. The van der Waals surface area contributed by atoms with Gasteiger partial charge in [-0.25, -0.2) is 0 Å². The fourth-order valence-electron chi connectivity index (χ4n) is 3.63. The van der Waals surface area contributed by atoms with Crippen molar-refractivity contribution in [1.29, 1.82) is 0 Å². The number of aliphatic carboxylic acids is 1. The lowest BCUT2D eigenvalue weighted by atomic mass is 9.85. The molecule has 6 nitrogen and oxygen atoms in total. The molecule has 0 radical (unpaired) electrons. The van der Waals surface area contributed by atoms with Crippen LogP contribution >= 0.6 is 0 Å². The monoisotopic (exact) mass is 317 g/mol. The molecule has 0 atom stereocenters. The number of carbonyl (C=O) groups is 2. The number of benzene rings is 1. The van der Waals surface area contributed by atoms with Gasteiger partial charge < -0.3 is 20.2 Å². The number of nitrogens with one attached hydrogen (secondary N) is 1. The molecule has 6 heteroatoms. The Bertz CT molecular complexity index is 568. The molecule has 0 bridgehead atoms. The third kappa shape index (κ3) is 3.17. The summed E-state index contributed by atoms with van der Waals surface area (Å²) in [6, 6.07) is 10.1. The van der Waals surface area contributed by atoms with Crippen LogP contribution in [0.1, 0.15) is 25.7 Å². The molecule has 2 saturated heterocycles. The van der Waals surface area contributed by atoms with Gasteiger partial charge in [0.25, 0.3) is 0 Å². The number of nitrogens with zero attached hydrogens (tertiary/aromatic N) is 2. The van der Waals surface area contributed by atoms with E-state index < -0.39 is 11.5 Å². The van der Waals surface area contributed by atoms with E-state index in [1.807, 2.05) is 30.3 Å². The van der Waals surface area contributed by atoms with Crippen molar-refractivity contribution in [3.8, 4) is 0 Å². The minimum atomic E-state index is -0.746. The van der Waals surface area contributed by atoms with Crippen LogP contribution < -0.4 is 10.2 Å². The lowest BCUT2D eigenvalue weighted by molar-refractivity contribution is -0.137. The number of hydrogen-bond donors (Lipinski definition) is 2. The van der Waals surface area contributed by atoms with E-state index in [-0.39, 0.29) is 12.3 Å². The Balaban J connectivity index is 1.65. The fraction of sp³-hybridized carbons (Fsp3) is 0.529. The summed E-state index contributed by atoms with van der Waals surface area (Å²) in [4.78, 5) is 27.6. The molecular formula is C17H23N3O3. The number of likely N-dealkylation sites (tertiary alicyclic amines) is 1. The molecule has 124 valence electrons. The van der Waals surface area contributed by atoms with Gasteiger partial charge in [0.15, 0.2) is 0 Å². The fourth-order valence-corrected chi connectivity index (χ4v) is 3.63. The van der Waals surface area contributed by atoms with E-state index in [4.69, 9.17) is 5.11 Å². The molecule has 1 spiro atoms. The molecule has 2 N–H and O–H groups in total. The molecule has 1 amide bonds. The number of hydrogen-bond acceptors (Lipinski definition) is 4. The second-order valence-electron chi connectivity index (χ2n) is 6.30. The zero-order chi connectivity index (χ0) is 16.3. The summed E-state index contributed by atoms with van der Waals surface area (Å²) in [5.74, 6) is -0.629. The maximum Gasteiger partial charge on any atom is 0.303 e. The second-order valence-corrected chi connectivity index (χ2v) is 6.30. The highest BCUT2D eigenvalue weighted by atomic mass is 16.4. The molecule has 2 aliphatic rings. The van der Waals surface area contributed by atoms with E-state index >= 15 is 0 Å². The van der Waals surface area contributed by atoms with Gasteiger partial charge in [0.05, 0.1) is 6.67 Å². The van der Waals surface area contributed by atoms with Crippen molar-refractivity contribution in [2.75, 3.05) is 31.2 Å². The topological polar surface area (TPSA) is 72.9 Å². The van der Waals surface area contributed by atoms with Crippen molar-refractivity contribution in [2.45, 2.75) is 31.2 Å². The summed E-state index contributed by atoms with van der Waals surface area (Å²) >= 11 is 0. The number of piperidine rings is 1. The first-order valence-electron chi connectivity index (χ1n) is 8.17. The van der Waals surface area contributed by atoms with Crippen LogP contribution in [-0.4, -0.2) is 53.7 Å². The van der Waals surface area contributed by atoms with Crippen molar-refractivity contribution < 1.29 is 14.7 Å². The van der Waals surface area contributed by atoms with Crippen molar-refractivity contribution >= 4 is 17.6 Å². The summed E-state index contributed by atoms with van der Waals surface area (Å²) in [7, 11) is 0. The summed E-state index contributed by atoms with van der Waals surface area (Å²) in [6.07, 6.45) is 2.43. The Morgan fingerprint density at radius 2 is 1.91 bits per heavy atom. The molecule has 1 aromatic carbocycles. The van der Waals surface area contributed by atoms with Crippen LogP contribution in [0, 0.1) is 0 Å². The quantitative estimate of drug-likeness (QED) is 0.856. The molecule has 0 unspecified atom stereocenters. The van der Waals surface area contributed by atoms with Gasteiger partial charge >= 0.3 is 5.97 Å². The lowest BCUT2D eigenvalue weighted by Gasteiger charge is -2.43. The van der Waals surface area contributed by atoms with E-state index in [1.165, 1.54) is 0 Å². The number of anilines is 1. The Hall–Kier alpha value is -2.08. The van der Waals surface area contributed by atoms with Crippen molar-refractivity contribution in [3.63, 3.8) is 0 Å². The number of carboxylic acid groups (broad SMARTS) is 1. The average molecular weight is 317 g/mol. The second kappa shape index (κ2) is 6.58. The van der Waals surface area contributed by atoms with Crippen LogP contribution in [0.5, 0.6) is 0 Å². The highest BCUT2D eigenvalue weighted by Gasteiger charge is 2.50. The zero-order valence-electron chi connectivity index (χ0n) is 13.2. The minimum absolute atomic E-state index is 0.117. The SMILES string of the molecule is O=C(O)CCCN1CCC2(CC1)C(=O)NCN2c1ccccc1. The maximum atomic E-state index is 12.5. The Kier molecular flexibility index (Phi) is 4.52. The minimum Gasteiger partial charge on any atom is -0.481 e. The van der Waals surface area contributed by atoms with E-state index in [1.54, 1.807) is 0 Å². The van der Waals surface area contributed by atoms with Crippen molar-refractivity contribution in [3.05, 3.63) is 30.3 Å².